The zero-order valence-corrected chi connectivity index (χ0v) is 10.9. The van der Waals surface area contributed by atoms with Gasteiger partial charge in [-0.25, -0.2) is 13.1 Å². The highest BCUT2D eigenvalue weighted by Crippen LogP contribution is 2.10. The zero-order chi connectivity index (χ0) is 13.6. The van der Waals surface area contributed by atoms with Crippen molar-refractivity contribution in [1.82, 2.24) is 4.72 Å². The molecule has 0 saturated carbocycles. The number of benzene rings is 1. The topological polar surface area (TPSA) is 90.2 Å². The third-order valence-corrected chi connectivity index (χ3v) is 3.97. The molecule has 0 radical (unpaired) electrons. The number of rotatable bonds is 6. The third kappa shape index (κ3) is 4.11. The Kier molecular flexibility index (Phi) is 5.28. The maximum atomic E-state index is 11.9. The highest BCUT2D eigenvalue weighted by atomic mass is 32.2. The Morgan fingerprint density at radius 2 is 2.22 bits per heavy atom. The fourth-order valence-electron chi connectivity index (χ4n) is 1.38. The van der Waals surface area contributed by atoms with Crippen molar-refractivity contribution >= 4 is 10.0 Å². The molecule has 6 heteroatoms. The second-order valence-corrected chi connectivity index (χ2v) is 5.66. The first-order valence-corrected chi connectivity index (χ1v) is 7.16. The maximum Gasteiger partial charge on any atom is 0.240 e. The molecule has 98 valence electrons. The number of hydrogen-bond acceptors (Lipinski definition) is 4. The molecule has 0 spiro atoms. The van der Waals surface area contributed by atoms with Crippen LogP contribution in [0, 0.1) is 11.3 Å². The van der Waals surface area contributed by atoms with Crippen LogP contribution >= 0.6 is 0 Å². The summed E-state index contributed by atoms with van der Waals surface area (Å²) in [6.45, 7) is 2.00. The van der Waals surface area contributed by atoms with Crippen LogP contribution < -0.4 is 4.72 Å². The quantitative estimate of drug-likeness (QED) is 0.805. The van der Waals surface area contributed by atoms with E-state index in [2.05, 4.69) is 4.72 Å². The number of nitriles is 1. The van der Waals surface area contributed by atoms with E-state index in [9.17, 15) is 13.5 Å². The van der Waals surface area contributed by atoms with Crippen molar-refractivity contribution in [1.29, 1.82) is 5.26 Å². The minimum Gasteiger partial charge on any atom is -0.393 e. The molecular formula is C12H16N2O3S. The van der Waals surface area contributed by atoms with Crippen LogP contribution in [0.1, 0.15) is 25.3 Å². The molecule has 2 N–H and O–H groups in total. The zero-order valence-electron chi connectivity index (χ0n) is 10.1. The smallest absolute Gasteiger partial charge is 0.240 e. The molecule has 1 rings (SSSR count). The fraction of sp³-hybridized carbons (Fsp3) is 0.417. The molecule has 5 nitrogen and oxygen atoms in total. The second-order valence-electron chi connectivity index (χ2n) is 3.89. The summed E-state index contributed by atoms with van der Waals surface area (Å²) in [7, 11) is -3.61. The summed E-state index contributed by atoms with van der Waals surface area (Å²) in [5, 5.41) is 18.0. The van der Waals surface area contributed by atoms with Gasteiger partial charge in [-0.2, -0.15) is 5.26 Å². The molecule has 1 atom stereocenters. The fourth-order valence-corrected chi connectivity index (χ4v) is 2.47. The van der Waals surface area contributed by atoms with Gasteiger partial charge in [0.2, 0.25) is 10.0 Å². The molecule has 0 heterocycles. The molecule has 1 unspecified atom stereocenters. The highest BCUT2D eigenvalue weighted by Gasteiger charge is 2.14. The average molecular weight is 268 g/mol. The normalized spacial score (nSPS) is 12.9. The predicted molar refractivity (Wildman–Crippen MR) is 67.3 cm³/mol. The number of aliphatic hydroxyl groups excluding tert-OH is 1. The summed E-state index contributed by atoms with van der Waals surface area (Å²) in [4.78, 5) is 0.0625. The van der Waals surface area contributed by atoms with E-state index < -0.39 is 16.1 Å². The van der Waals surface area contributed by atoms with Crippen molar-refractivity contribution in [2.24, 2.45) is 0 Å². The minimum atomic E-state index is -3.61. The largest absolute Gasteiger partial charge is 0.393 e. The lowest BCUT2D eigenvalue weighted by molar-refractivity contribution is 0.162. The molecule has 0 aliphatic heterocycles. The van der Waals surface area contributed by atoms with E-state index in [1.54, 1.807) is 6.07 Å². The molecule has 0 saturated heterocycles. The van der Waals surface area contributed by atoms with Gasteiger partial charge in [0, 0.05) is 6.54 Å². The SMILES string of the molecule is CCC(O)CCNS(=O)(=O)c1cccc(C#N)c1. The van der Waals surface area contributed by atoms with Crippen molar-refractivity contribution in [2.75, 3.05) is 6.54 Å². The molecule has 0 aromatic heterocycles. The summed E-state index contributed by atoms with van der Waals surface area (Å²) in [5.74, 6) is 0. The average Bonchev–Trinajstić information content (AvgIpc) is 2.38. The van der Waals surface area contributed by atoms with Gasteiger partial charge in [-0.3, -0.25) is 0 Å². The van der Waals surface area contributed by atoms with E-state index in [1.807, 2.05) is 13.0 Å². The Bertz CT molecular complexity index is 534. The van der Waals surface area contributed by atoms with E-state index in [1.165, 1.54) is 18.2 Å². The van der Waals surface area contributed by atoms with Crippen LogP contribution in [0.3, 0.4) is 0 Å². The van der Waals surface area contributed by atoms with Crippen LogP contribution in [0.15, 0.2) is 29.2 Å². The molecule has 0 aliphatic rings. The van der Waals surface area contributed by atoms with E-state index in [0.29, 0.717) is 18.4 Å². The summed E-state index contributed by atoms with van der Waals surface area (Å²) in [6, 6.07) is 7.70. The van der Waals surface area contributed by atoms with Crippen LogP contribution in [-0.4, -0.2) is 26.2 Å². The molecule has 0 amide bonds. The Morgan fingerprint density at radius 3 is 2.83 bits per heavy atom. The summed E-state index contributed by atoms with van der Waals surface area (Å²) < 4.78 is 26.1. The number of aliphatic hydroxyl groups is 1. The molecule has 0 bridgehead atoms. The number of nitrogens with one attached hydrogen (secondary N) is 1. The minimum absolute atomic E-state index is 0.0625. The molecule has 0 aliphatic carbocycles. The van der Waals surface area contributed by atoms with Gasteiger partial charge in [0.25, 0.3) is 0 Å². The molecule has 0 fully saturated rings. The second kappa shape index (κ2) is 6.50. The molecule has 1 aromatic rings. The number of nitrogens with zero attached hydrogens (tertiary/aromatic N) is 1. The first kappa shape index (κ1) is 14.6. The van der Waals surface area contributed by atoms with Crippen molar-refractivity contribution in [3.63, 3.8) is 0 Å². The number of hydrogen-bond donors (Lipinski definition) is 2. The van der Waals surface area contributed by atoms with Crippen LogP contribution in [-0.2, 0) is 10.0 Å². The lowest BCUT2D eigenvalue weighted by atomic mass is 10.2. The summed E-state index contributed by atoms with van der Waals surface area (Å²) in [5.41, 5.74) is 0.298. The van der Waals surface area contributed by atoms with Gasteiger partial charge < -0.3 is 5.11 Å². The first-order chi connectivity index (χ1) is 8.49. The Labute approximate surface area is 107 Å². The Hall–Kier alpha value is -1.42. The summed E-state index contributed by atoms with van der Waals surface area (Å²) >= 11 is 0. The van der Waals surface area contributed by atoms with Gasteiger partial charge in [-0.05, 0) is 31.0 Å². The lowest BCUT2D eigenvalue weighted by Crippen LogP contribution is -2.27. The molecule has 1 aromatic carbocycles. The van der Waals surface area contributed by atoms with Crippen molar-refractivity contribution in [2.45, 2.75) is 30.8 Å². The Morgan fingerprint density at radius 1 is 1.50 bits per heavy atom. The van der Waals surface area contributed by atoms with Gasteiger partial charge in [0.05, 0.1) is 22.6 Å². The van der Waals surface area contributed by atoms with Gasteiger partial charge in [-0.15, -0.1) is 0 Å². The standard InChI is InChI=1S/C12H16N2O3S/c1-2-11(15)6-7-14-18(16,17)12-5-3-4-10(8-12)9-13/h3-5,8,11,14-15H,2,6-7H2,1H3. The van der Waals surface area contributed by atoms with Gasteiger partial charge in [0.1, 0.15) is 0 Å². The van der Waals surface area contributed by atoms with Gasteiger partial charge in [0.15, 0.2) is 0 Å². The van der Waals surface area contributed by atoms with Gasteiger partial charge >= 0.3 is 0 Å². The van der Waals surface area contributed by atoms with Crippen molar-refractivity contribution < 1.29 is 13.5 Å². The lowest BCUT2D eigenvalue weighted by Gasteiger charge is -2.09. The monoisotopic (exact) mass is 268 g/mol. The van der Waals surface area contributed by atoms with Crippen LogP contribution in [0.4, 0.5) is 0 Å². The molecule has 18 heavy (non-hydrogen) atoms. The number of sulfonamides is 1. The predicted octanol–water partition coefficient (Wildman–Crippen LogP) is 0.998. The van der Waals surface area contributed by atoms with Crippen LogP contribution in [0.5, 0.6) is 0 Å². The highest BCUT2D eigenvalue weighted by molar-refractivity contribution is 7.89. The van der Waals surface area contributed by atoms with Crippen molar-refractivity contribution in [3.8, 4) is 6.07 Å². The Balaban J connectivity index is 2.72. The van der Waals surface area contributed by atoms with Gasteiger partial charge in [-0.1, -0.05) is 13.0 Å². The van der Waals surface area contributed by atoms with Crippen LogP contribution in [0.25, 0.3) is 0 Å². The maximum absolute atomic E-state index is 11.9. The van der Waals surface area contributed by atoms with E-state index >= 15 is 0 Å². The van der Waals surface area contributed by atoms with E-state index in [0.717, 1.165) is 0 Å². The van der Waals surface area contributed by atoms with E-state index in [4.69, 9.17) is 5.26 Å². The van der Waals surface area contributed by atoms with Crippen molar-refractivity contribution in [3.05, 3.63) is 29.8 Å². The van der Waals surface area contributed by atoms with Crippen LogP contribution in [0.2, 0.25) is 0 Å². The van der Waals surface area contributed by atoms with E-state index in [-0.39, 0.29) is 11.4 Å². The summed E-state index contributed by atoms with van der Waals surface area (Å²) in [6.07, 6.45) is 0.456. The third-order valence-electron chi connectivity index (χ3n) is 2.51. The first-order valence-electron chi connectivity index (χ1n) is 5.67. The molecular weight excluding hydrogens is 252 g/mol.